The van der Waals surface area contributed by atoms with Crippen molar-refractivity contribution >= 4 is 44.3 Å². The molecule has 3 aromatic rings. The van der Waals surface area contributed by atoms with Crippen molar-refractivity contribution in [1.82, 2.24) is 4.72 Å². The number of hydrogen-bond donors (Lipinski definition) is 2. The molecule has 0 radical (unpaired) electrons. The number of thiophene rings is 2. The quantitative estimate of drug-likeness (QED) is 0.657. The molecule has 2 aromatic heterocycles. The predicted molar refractivity (Wildman–Crippen MR) is 98.2 cm³/mol. The van der Waals surface area contributed by atoms with E-state index in [9.17, 15) is 13.5 Å². The lowest BCUT2D eigenvalue weighted by Gasteiger charge is -2.07. The van der Waals surface area contributed by atoms with Gasteiger partial charge >= 0.3 is 0 Å². The lowest BCUT2D eigenvalue weighted by Crippen LogP contribution is -2.23. The van der Waals surface area contributed by atoms with Crippen LogP contribution in [0.4, 0.5) is 0 Å². The summed E-state index contributed by atoms with van der Waals surface area (Å²) in [6.45, 7) is 0.148. The third-order valence-corrected chi connectivity index (χ3v) is 7.29. The van der Waals surface area contributed by atoms with E-state index in [1.54, 1.807) is 12.1 Å². The smallest absolute Gasteiger partial charge is 0.242 e. The number of aliphatic hydroxyl groups is 1. The number of aliphatic hydroxyl groups excluding tert-OH is 1. The molecule has 0 aliphatic carbocycles. The van der Waals surface area contributed by atoms with Crippen LogP contribution >= 0.6 is 34.3 Å². The molecule has 1 atom stereocenters. The molecule has 0 amide bonds. The molecule has 2 heterocycles. The van der Waals surface area contributed by atoms with Crippen molar-refractivity contribution < 1.29 is 13.5 Å². The Balaban J connectivity index is 1.71. The number of sulfonamides is 1. The average Bonchev–Trinajstić information content (AvgIpc) is 3.24. The Labute approximate surface area is 153 Å². The molecule has 2 N–H and O–H groups in total. The molecule has 0 aliphatic heterocycles. The van der Waals surface area contributed by atoms with Gasteiger partial charge in [0.25, 0.3) is 0 Å². The Kier molecular flexibility index (Phi) is 5.39. The van der Waals surface area contributed by atoms with Crippen molar-refractivity contribution in [3.8, 4) is 0 Å². The van der Waals surface area contributed by atoms with E-state index >= 15 is 0 Å². The summed E-state index contributed by atoms with van der Waals surface area (Å²) in [5.74, 6) is 0. The Morgan fingerprint density at radius 1 is 1.08 bits per heavy atom. The van der Waals surface area contributed by atoms with Crippen LogP contribution < -0.4 is 4.72 Å². The van der Waals surface area contributed by atoms with E-state index in [1.165, 1.54) is 34.8 Å². The molecule has 1 unspecified atom stereocenters. The Hall–Kier alpha value is -1.22. The fraction of sp³-hybridized carbons (Fsp3) is 0.125. The predicted octanol–water partition coefficient (Wildman–Crippen LogP) is 4.02. The van der Waals surface area contributed by atoms with Gasteiger partial charge in [-0.1, -0.05) is 29.8 Å². The first kappa shape index (κ1) is 17.6. The van der Waals surface area contributed by atoms with E-state index in [-0.39, 0.29) is 16.5 Å². The number of hydrogen-bond acceptors (Lipinski definition) is 5. The zero-order chi connectivity index (χ0) is 17.2. The molecule has 0 spiro atoms. The van der Waals surface area contributed by atoms with E-state index < -0.39 is 16.1 Å². The highest BCUT2D eigenvalue weighted by molar-refractivity contribution is 7.89. The first-order valence-electron chi connectivity index (χ1n) is 7.01. The maximum atomic E-state index is 12.3. The molecule has 0 bridgehead atoms. The molecule has 4 nitrogen and oxygen atoms in total. The standard InChI is InChI=1S/C16H14ClNO3S3/c17-12-4-1-2-6-15(12)24(20,21)18-10-11-7-8-14(23-11)16(19)13-5-3-9-22-13/h1-9,16,18-19H,10H2. The number of halogens is 1. The van der Waals surface area contributed by atoms with Crippen LogP contribution in [-0.2, 0) is 16.6 Å². The summed E-state index contributed by atoms with van der Waals surface area (Å²) >= 11 is 8.80. The van der Waals surface area contributed by atoms with Gasteiger partial charge in [-0.15, -0.1) is 22.7 Å². The van der Waals surface area contributed by atoms with E-state index in [0.717, 1.165) is 14.6 Å². The SMILES string of the molecule is O=S(=O)(NCc1ccc(C(O)c2cccs2)s1)c1ccccc1Cl. The second-order valence-electron chi connectivity index (χ2n) is 4.98. The summed E-state index contributed by atoms with van der Waals surface area (Å²) in [6.07, 6.45) is -0.677. The lowest BCUT2D eigenvalue weighted by atomic mass is 10.2. The molecular weight excluding hydrogens is 386 g/mol. The summed E-state index contributed by atoms with van der Waals surface area (Å²) in [4.78, 5) is 2.52. The summed E-state index contributed by atoms with van der Waals surface area (Å²) < 4.78 is 27.2. The summed E-state index contributed by atoms with van der Waals surface area (Å²) in [6, 6.07) is 13.7. The van der Waals surface area contributed by atoms with Gasteiger partial charge in [0.05, 0.1) is 5.02 Å². The fourth-order valence-corrected chi connectivity index (χ4v) is 5.51. The molecule has 126 valence electrons. The molecule has 8 heteroatoms. The first-order chi connectivity index (χ1) is 11.5. The summed E-state index contributed by atoms with van der Waals surface area (Å²) in [5.41, 5.74) is 0. The maximum absolute atomic E-state index is 12.3. The van der Waals surface area contributed by atoms with Crippen LogP contribution in [0.2, 0.25) is 5.02 Å². The normalized spacial score (nSPS) is 13.1. The van der Waals surface area contributed by atoms with Gasteiger partial charge < -0.3 is 5.11 Å². The molecule has 0 fully saturated rings. The third kappa shape index (κ3) is 3.88. The van der Waals surface area contributed by atoms with Crippen LogP contribution in [-0.4, -0.2) is 13.5 Å². The minimum absolute atomic E-state index is 0.0575. The fourth-order valence-electron chi connectivity index (χ4n) is 2.13. The molecule has 0 aliphatic rings. The van der Waals surface area contributed by atoms with Gasteiger partial charge in [-0.2, -0.15) is 0 Å². The van der Waals surface area contributed by atoms with Gasteiger partial charge in [0.2, 0.25) is 10.0 Å². The third-order valence-electron chi connectivity index (χ3n) is 3.33. The van der Waals surface area contributed by atoms with Crippen molar-refractivity contribution in [2.45, 2.75) is 17.5 Å². The highest BCUT2D eigenvalue weighted by Gasteiger charge is 2.18. The van der Waals surface area contributed by atoms with Crippen molar-refractivity contribution in [3.05, 3.63) is 73.6 Å². The van der Waals surface area contributed by atoms with Crippen LogP contribution in [0.5, 0.6) is 0 Å². The monoisotopic (exact) mass is 399 g/mol. The average molecular weight is 400 g/mol. The zero-order valence-electron chi connectivity index (χ0n) is 12.3. The topological polar surface area (TPSA) is 66.4 Å². The van der Waals surface area contributed by atoms with Gasteiger partial charge in [-0.05, 0) is 35.7 Å². The van der Waals surface area contributed by atoms with Crippen LogP contribution in [0.15, 0.2) is 58.8 Å². The summed E-state index contributed by atoms with van der Waals surface area (Å²) in [5, 5.41) is 12.4. The number of rotatable bonds is 6. The molecule has 0 saturated heterocycles. The van der Waals surface area contributed by atoms with Crippen molar-refractivity contribution in [1.29, 1.82) is 0 Å². The van der Waals surface area contributed by atoms with E-state index in [2.05, 4.69) is 4.72 Å². The maximum Gasteiger partial charge on any atom is 0.242 e. The van der Waals surface area contributed by atoms with E-state index in [4.69, 9.17) is 11.6 Å². The van der Waals surface area contributed by atoms with Crippen molar-refractivity contribution in [2.24, 2.45) is 0 Å². The molecule has 0 saturated carbocycles. The second kappa shape index (κ2) is 7.35. The Bertz CT molecular complexity index is 920. The van der Waals surface area contributed by atoms with Crippen LogP contribution in [0.25, 0.3) is 0 Å². The van der Waals surface area contributed by atoms with Gasteiger partial charge in [0.1, 0.15) is 11.0 Å². The first-order valence-corrected chi connectivity index (χ1v) is 10.6. The van der Waals surface area contributed by atoms with Gasteiger partial charge in [-0.3, -0.25) is 0 Å². The minimum Gasteiger partial charge on any atom is -0.382 e. The van der Waals surface area contributed by atoms with Crippen molar-refractivity contribution in [3.63, 3.8) is 0 Å². The number of benzene rings is 1. The van der Waals surface area contributed by atoms with Gasteiger partial charge in [-0.25, -0.2) is 13.1 Å². The molecular formula is C16H14ClNO3S3. The number of nitrogens with one attached hydrogen (secondary N) is 1. The minimum atomic E-state index is -3.68. The van der Waals surface area contributed by atoms with E-state index in [0.29, 0.717) is 0 Å². The lowest BCUT2D eigenvalue weighted by molar-refractivity contribution is 0.228. The Morgan fingerprint density at radius 2 is 1.88 bits per heavy atom. The van der Waals surface area contributed by atoms with Crippen LogP contribution in [0.1, 0.15) is 20.7 Å². The molecule has 24 heavy (non-hydrogen) atoms. The Morgan fingerprint density at radius 3 is 2.58 bits per heavy atom. The second-order valence-corrected chi connectivity index (χ2v) is 9.30. The largest absolute Gasteiger partial charge is 0.382 e. The van der Waals surface area contributed by atoms with Crippen LogP contribution in [0, 0.1) is 0 Å². The van der Waals surface area contributed by atoms with Crippen LogP contribution in [0.3, 0.4) is 0 Å². The highest BCUT2D eigenvalue weighted by atomic mass is 35.5. The van der Waals surface area contributed by atoms with Gasteiger partial charge in [0, 0.05) is 21.2 Å². The van der Waals surface area contributed by atoms with E-state index in [1.807, 2.05) is 29.6 Å². The molecule has 3 rings (SSSR count). The van der Waals surface area contributed by atoms with Gasteiger partial charge in [0.15, 0.2) is 0 Å². The van der Waals surface area contributed by atoms with Crippen molar-refractivity contribution in [2.75, 3.05) is 0 Å². The highest BCUT2D eigenvalue weighted by Crippen LogP contribution is 2.31. The summed E-state index contributed by atoms with van der Waals surface area (Å²) in [7, 11) is -3.68. The molecule has 1 aromatic carbocycles. The zero-order valence-corrected chi connectivity index (χ0v) is 15.6.